The quantitative estimate of drug-likeness (QED) is 0.0701. The Balaban J connectivity index is 4.57. The first-order valence-corrected chi connectivity index (χ1v) is 34.8. The molecule has 95 heavy (non-hydrogen) atoms. The van der Waals surface area contributed by atoms with Gasteiger partial charge in [-0.3, -0.25) is 52.7 Å². The summed E-state index contributed by atoms with van der Waals surface area (Å²) < 4.78 is 6.21. The molecule has 0 aromatic carbocycles. The molecule has 0 unspecified atom stereocenters. The van der Waals surface area contributed by atoms with Crippen molar-refractivity contribution in [3.05, 3.63) is 12.2 Å². The van der Waals surface area contributed by atoms with Crippen LogP contribution in [-0.2, 0) is 57.5 Å². The number of hydrogen-bond acceptors (Lipinski definition) is 14. The predicted octanol–water partition coefficient (Wildman–Crippen LogP) is 4.39. The summed E-state index contributed by atoms with van der Waals surface area (Å²) in [6, 6.07) is -14.1. The minimum absolute atomic E-state index is 0.0229. The van der Waals surface area contributed by atoms with E-state index in [0.29, 0.717) is 19.4 Å². The average molecular weight is 1350 g/mol. The minimum Gasteiger partial charge on any atom is -0.390 e. The van der Waals surface area contributed by atoms with Crippen LogP contribution in [0.25, 0.3) is 0 Å². The van der Waals surface area contributed by atoms with Crippen LogP contribution in [0.15, 0.2) is 12.2 Å². The first kappa shape index (κ1) is 86.8. The number of carbonyl (C=O) groups is 11. The van der Waals surface area contributed by atoms with Crippen LogP contribution in [0.1, 0.15) is 176 Å². The third kappa shape index (κ3) is 25.3. The van der Waals surface area contributed by atoms with Gasteiger partial charge in [-0.05, 0) is 120 Å². The number of ether oxygens (including phenoxy) is 1. The van der Waals surface area contributed by atoms with Gasteiger partial charge < -0.3 is 70.3 Å². The van der Waals surface area contributed by atoms with Crippen LogP contribution >= 0.6 is 0 Å². The van der Waals surface area contributed by atoms with E-state index >= 15 is 28.8 Å². The van der Waals surface area contributed by atoms with Crippen molar-refractivity contribution in [2.45, 2.75) is 249 Å². The van der Waals surface area contributed by atoms with E-state index in [1.807, 2.05) is 75.3 Å². The molecule has 0 saturated carbocycles. The third-order valence-electron chi connectivity index (χ3n) is 18.4. The fourth-order valence-corrected chi connectivity index (χ4v) is 12.0. The topological polar surface area (TPSA) is 291 Å². The molecule has 0 bridgehead atoms. The van der Waals surface area contributed by atoms with Crippen molar-refractivity contribution in [3.8, 4) is 0 Å². The number of nitrogens with zero attached hydrogens (tertiary/aromatic N) is 8. The molecular weight excluding hydrogens is 1220 g/mol. The minimum atomic E-state index is -1.65. The number of hydrogen-bond donors (Lipinski definition) is 5. The lowest BCUT2D eigenvalue weighted by Gasteiger charge is -2.41. The molecule has 25 heteroatoms. The molecule has 11 amide bonds. The smallest absolute Gasteiger partial charge is 0.248 e. The zero-order chi connectivity index (χ0) is 73.4. The summed E-state index contributed by atoms with van der Waals surface area (Å²) >= 11 is 0. The number of aliphatic hydroxyl groups excluding tert-OH is 1. The Hall–Kier alpha value is -6.21. The summed E-state index contributed by atoms with van der Waals surface area (Å²) in [4.78, 5) is 175. The Bertz CT molecular complexity index is 2540. The predicted molar refractivity (Wildman–Crippen MR) is 371 cm³/mol. The van der Waals surface area contributed by atoms with Gasteiger partial charge in [0.25, 0.3) is 0 Å². The maximum atomic E-state index is 15.4. The molecule has 1 aliphatic heterocycles. The van der Waals surface area contributed by atoms with E-state index in [2.05, 4.69) is 26.2 Å². The van der Waals surface area contributed by atoms with Crippen LogP contribution in [0.5, 0.6) is 0 Å². The molecule has 1 fully saturated rings. The molecule has 0 aromatic rings. The van der Waals surface area contributed by atoms with Gasteiger partial charge in [0.2, 0.25) is 65.0 Å². The standard InChI is InChI=1S/C70H128N12O13/c1-27-31-32-47(17)59(83)58-63(87)73-50(28-2)65(89)79(24)55(40-95-36-35-82(29-3)30-4)68(92)76(21)52(37-42(7)8)62(86)74-56(45(13)14)69(93)75(20)51(34-33-41(5)6)61(85)71-48(18)60(84)72-49(19)64(88)77(22)53(38-43(9)10)66(90)78(23)54(39-44(11)12)67(91)80(25)57(46(15)16)70(94)81(58)26/h27,31,41-59,83H,28-30,32-40H2,1-26H3,(H,71,85)(H,72,84)(H,73,87)(H,74,86)/b31-27+/t47-,48-,49+,50+,51-,52+,53+,54+,55-,56-,57+,58+,59-/m1/s1. The highest BCUT2D eigenvalue weighted by atomic mass is 16.5. The summed E-state index contributed by atoms with van der Waals surface area (Å²) in [6.45, 7) is 36.0. The van der Waals surface area contributed by atoms with E-state index in [4.69, 9.17) is 4.74 Å². The summed E-state index contributed by atoms with van der Waals surface area (Å²) in [5.41, 5.74) is 0. The maximum Gasteiger partial charge on any atom is 0.248 e. The first-order valence-electron chi connectivity index (χ1n) is 34.8. The Kier molecular flexibility index (Phi) is 37.6. The highest BCUT2D eigenvalue weighted by Gasteiger charge is 2.46. The molecule has 0 spiro atoms. The van der Waals surface area contributed by atoms with E-state index in [0.717, 1.165) is 18.0 Å². The number of aliphatic hydroxyl groups is 1. The molecule has 5 N–H and O–H groups in total. The zero-order valence-electron chi connectivity index (χ0n) is 63.0. The molecule has 1 rings (SSSR count). The second kappa shape index (κ2) is 41.1. The number of nitrogens with one attached hydrogen (secondary N) is 4. The highest BCUT2D eigenvalue weighted by Crippen LogP contribution is 2.26. The fourth-order valence-electron chi connectivity index (χ4n) is 12.0. The first-order chi connectivity index (χ1) is 44.1. The molecule has 25 nitrogen and oxygen atoms in total. The van der Waals surface area contributed by atoms with Gasteiger partial charge in [-0.25, -0.2) is 0 Å². The lowest BCUT2D eigenvalue weighted by molar-refractivity contribution is -0.157. The van der Waals surface area contributed by atoms with Crippen molar-refractivity contribution in [1.82, 2.24) is 60.5 Å². The van der Waals surface area contributed by atoms with Gasteiger partial charge in [0.1, 0.15) is 66.5 Å². The van der Waals surface area contributed by atoms with Crippen molar-refractivity contribution in [2.24, 2.45) is 41.4 Å². The second-order valence-corrected chi connectivity index (χ2v) is 28.8. The van der Waals surface area contributed by atoms with Crippen LogP contribution in [0.2, 0.25) is 0 Å². The van der Waals surface area contributed by atoms with E-state index in [1.54, 1.807) is 54.5 Å². The zero-order valence-corrected chi connectivity index (χ0v) is 63.0. The highest BCUT2D eigenvalue weighted by molar-refractivity contribution is 6.00. The van der Waals surface area contributed by atoms with Crippen LogP contribution in [0, 0.1) is 41.4 Å². The maximum absolute atomic E-state index is 15.4. The van der Waals surface area contributed by atoms with Crippen LogP contribution in [0.4, 0.5) is 0 Å². The Labute approximate surface area is 570 Å². The second-order valence-electron chi connectivity index (χ2n) is 28.8. The van der Waals surface area contributed by atoms with Gasteiger partial charge in [-0.1, -0.05) is 123 Å². The molecule has 1 saturated heterocycles. The number of allylic oxidation sites excluding steroid dienone is 2. The van der Waals surface area contributed by atoms with Gasteiger partial charge in [0.15, 0.2) is 0 Å². The number of rotatable bonds is 23. The summed E-state index contributed by atoms with van der Waals surface area (Å²) in [6.07, 6.45) is 3.39. The Morgan fingerprint density at radius 2 is 0.916 bits per heavy atom. The lowest BCUT2D eigenvalue weighted by Crippen LogP contribution is -2.64. The summed E-state index contributed by atoms with van der Waals surface area (Å²) in [5, 5.41) is 23.5. The third-order valence-corrected chi connectivity index (χ3v) is 18.4. The van der Waals surface area contributed by atoms with Crippen molar-refractivity contribution >= 4 is 65.0 Å². The van der Waals surface area contributed by atoms with Crippen molar-refractivity contribution in [3.63, 3.8) is 0 Å². The summed E-state index contributed by atoms with van der Waals surface area (Å²) in [7, 11) is 10.0. The number of amides is 11. The van der Waals surface area contributed by atoms with E-state index < -0.39 is 155 Å². The van der Waals surface area contributed by atoms with Gasteiger partial charge in [-0.15, -0.1) is 0 Å². The average Bonchev–Trinajstić information content (AvgIpc) is 0.809. The molecule has 0 radical (unpaired) electrons. The van der Waals surface area contributed by atoms with Crippen LogP contribution < -0.4 is 21.3 Å². The van der Waals surface area contributed by atoms with E-state index in [9.17, 15) is 29.1 Å². The van der Waals surface area contributed by atoms with E-state index in [1.165, 1.54) is 92.6 Å². The Morgan fingerprint density at radius 3 is 1.39 bits per heavy atom. The monoisotopic (exact) mass is 1340 g/mol. The fraction of sp³-hybridized carbons (Fsp3) is 0.814. The normalized spacial score (nSPS) is 26.2. The largest absolute Gasteiger partial charge is 0.390 e. The number of carbonyl (C=O) groups excluding carboxylic acids is 11. The Morgan fingerprint density at radius 1 is 0.474 bits per heavy atom. The number of likely N-dealkylation sites (N-methyl/N-ethyl adjacent to an activating group) is 8. The van der Waals surface area contributed by atoms with Crippen molar-refractivity contribution in [2.75, 3.05) is 82.2 Å². The van der Waals surface area contributed by atoms with Crippen molar-refractivity contribution < 1.29 is 62.6 Å². The SMILES string of the molecule is C/C=C/C[C@@H](C)[C@@H](O)[C@H]1C(=O)N[C@@H](CC)C(=O)N(C)[C@H](COCCN(CC)CC)C(=O)N(C)[C@@H](CC(C)C)C(=O)N[C@H](C(C)C)C(=O)N(C)[C@H](CCC(C)C)C(=O)N[C@H](C)C(=O)N[C@@H](C)C(=O)N(C)[C@@H](CC(C)C)C(=O)N(C)[C@@H](CC(C)C)C(=O)N(C)[C@@H](C(C)C)C(=O)N1C. The van der Waals surface area contributed by atoms with E-state index in [-0.39, 0.29) is 69.0 Å². The molecule has 1 heterocycles. The molecule has 0 aliphatic carbocycles. The van der Waals surface area contributed by atoms with Gasteiger partial charge in [0, 0.05) is 55.9 Å². The van der Waals surface area contributed by atoms with Crippen LogP contribution in [-0.4, -0.2) is 264 Å². The molecular formula is C70H128N12O13. The lowest BCUT2D eigenvalue weighted by atomic mass is 9.91. The van der Waals surface area contributed by atoms with Gasteiger partial charge >= 0.3 is 0 Å². The van der Waals surface area contributed by atoms with Gasteiger partial charge in [0.05, 0.1) is 19.3 Å². The van der Waals surface area contributed by atoms with Gasteiger partial charge in [-0.2, -0.15) is 0 Å². The molecule has 1 aliphatic rings. The molecule has 13 atom stereocenters. The van der Waals surface area contributed by atoms with Crippen molar-refractivity contribution in [1.29, 1.82) is 0 Å². The summed E-state index contributed by atoms with van der Waals surface area (Å²) in [5.74, 6) is -9.82. The molecule has 546 valence electrons. The molecule has 0 aromatic heterocycles. The van der Waals surface area contributed by atoms with Crippen LogP contribution in [0.3, 0.4) is 0 Å².